The number of anilines is 12. The van der Waals surface area contributed by atoms with Crippen LogP contribution in [0.5, 0.6) is 0 Å². The molecule has 140 heavy (non-hydrogen) atoms. The van der Waals surface area contributed by atoms with Crippen molar-refractivity contribution in [1.82, 2.24) is 61.1 Å². The van der Waals surface area contributed by atoms with Crippen LogP contribution >= 0.6 is 0 Å². The van der Waals surface area contributed by atoms with Crippen LogP contribution in [-0.2, 0) is 57.1 Å². The molecular weight excluding hydrogens is 1790 g/mol. The van der Waals surface area contributed by atoms with Crippen molar-refractivity contribution in [2.45, 2.75) is 151 Å². The average molecular weight is 1910 g/mol. The Bertz CT molecular complexity index is 5240. The van der Waals surface area contributed by atoms with Crippen molar-refractivity contribution in [2.75, 3.05) is 219 Å². The number of hydrogen-bond donors (Lipinski definition) is 8. The van der Waals surface area contributed by atoms with Gasteiger partial charge in [-0.3, -0.25) is 19.2 Å². The van der Waals surface area contributed by atoms with Crippen molar-refractivity contribution in [2.24, 2.45) is 23.7 Å². The lowest BCUT2D eigenvalue weighted by Crippen LogP contribution is -2.67. The second-order valence-corrected chi connectivity index (χ2v) is 39.9. The van der Waals surface area contributed by atoms with E-state index in [-0.39, 0.29) is 47.8 Å². The number of benzene rings is 4. The molecule has 40 nitrogen and oxygen atoms in total. The third-order valence-electron chi connectivity index (χ3n) is 28.9. The van der Waals surface area contributed by atoms with Crippen LogP contribution in [0.1, 0.15) is 105 Å². The predicted octanol–water partition coefficient (Wildman–Crippen LogP) is 9.62. The third kappa shape index (κ3) is 19.9. The van der Waals surface area contributed by atoms with Crippen LogP contribution in [0.4, 0.5) is 87.9 Å². The Morgan fingerprint density at radius 3 is 0.686 bits per heavy atom. The average Bonchev–Trinajstić information content (AvgIpc) is 1.73. The first kappa shape index (κ1) is 93.3. The van der Waals surface area contributed by atoms with Gasteiger partial charge in [0.2, 0.25) is 0 Å². The Morgan fingerprint density at radius 2 is 0.500 bits per heavy atom. The fraction of sp³-hybridized carbons (Fsp3) is 0.520. The highest BCUT2D eigenvalue weighted by Crippen LogP contribution is 2.48. The van der Waals surface area contributed by atoms with Crippen molar-refractivity contribution < 1.29 is 76.3 Å². The van der Waals surface area contributed by atoms with E-state index in [1.807, 2.05) is 144 Å². The Morgan fingerprint density at radius 1 is 0.293 bits per heavy atom. The van der Waals surface area contributed by atoms with E-state index in [1.54, 1.807) is 24.8 Å². The lowest BCUT2D eigenvalue weighted by Gasteiger charge is -2.50. The Hall–Kier alpha value is -13.0. The monoisotopic (exact) mass is 1910 g/mol. The SMILES string of the molecule is C[C@@]12COCCN1c1nc(-c3ccc(NC(=O)NC4CC4)cc3)ncc1N(C[C@@H]1CCOC1)C2=O.C[C@@]12COCCN1c1nc(-c3ccc(NC(=O)NC4CC4)cc3)ncc1N(C[C@H]1CCOC1)C2=O.C[C@]12COCCN1c1nc(-c3ccc(NC(=O)NC4CC4)cc3)ncc1N(C[C@@H]1CCOC1)C2=O.C[C@]12COCCN1c1nc(-c3ccc(NC(=O)NC4CC4)cc3)ncc1N(C[C@H]1CCOC1)C2=O. The molecule has 0 bridgehead atoms. The first-order valence-corrected chi connectivity index (χ1v) is 49.2. The topological polar surface area (TPSA) is 436 Å². The number of hydrogen-bond acceptors (Lipinski definition) is 28. The highest BCUT2D eigenvalue weighted by atomic mass is 16.5. The summed E-state index contributed by atoms with van der Waals surface area (Å²) in [5.74, 6) is 6.58. The summed E-state index contributed by atoms with van der Waals surface area (Å²) in [6, 6.07) is 30.4. The molecule has 8 aromatic rings. The number of carbonyl (C=O) groups is 8. The molecule has 4 aromatic heterocycles. The summed E-state index contributed by atoms with van der Waals surface area (Å²) in [5, 5.41) is 23.1. The summed E-state index contributed by atoms with van der Waals surface area (Å²) in [6.45, 7) is 21.5. The molecule has 12 amide bonds. The van der Waals surface area contributed by atoms with Gasteiger partial charge in [-0.2, -0.15) is 0 Å². The van der Waals surface area contributed by atoms with E-state index >= 15 is 0 Å². The highest BCUT2D eigenvalue weighted by molar-refractivity contribution is 6.11. The number of nitrogens with zero attached hydrogens (tertiary/aromatic N) is 16. The molecule has 12 fully saturated rings. The molecule has 16 heterocycles. The summed E-state index contributed by atoms with van der Waals surface area (Å²) in [5.41, 5.74) is 5.90. The maximum Gasteiger partial charge on any atom is 0.319 e. The third-order valence-corrected chi connectivity index (χ3v) is 28.9. The number of aromatic nitrogens is 8. The fourth-order valence-corrected chi connectivity index (χ4v) is 20.1. The van der Waals surface area contributed by atoms with Crippen molar-refractivity contribution in [3.63, 3.8) is 0 Å². The van der Waals surface area contributed by atoms with Crippen molar-refractivity contribution in [3.05, 3.63) is 122 Å². The Labute approximate surface area is 810 Å². The van der Waals surface area contributed by atoms with Gasteiger partial charge < -0.3 is 120 Å². The number of carbonyl (C=O) groups excluding carboxylic acids is 8. The van der Waals surface area contributed by atoms with Gasteiger partial charge in [-0.1, -0.05) is 0 Å². The number of ether oxygens (including phenoxy) is 8. The summed E-state index contributed by atoms with van der Waals surface area (Å²) in [7, 11) is 0. The van der Waals surface area contributed by atoms with E-state index in [4.69, 9.17) is 57.8 Å². The number of fused-ring (bicyclic) bond motifs is 12. The smallest absolute Gasteiger partial charge is 0.319 e. The zero-order valence-electron chi connectivity index (χ0n) is 79.3. The van der Waals surface area contributed by atoms with Crippen LogP contribution in [-0.4, -0.2) is 292 Å². The van der Waals surface area contributed by atoms with Gasteiger partial charge in [0.15, 0.2) is 46.6 Å². The van der Waals surface area contributed by atoms with Gasteiger partial charge in [-0.15, -0.1) is 0 Å². The molecule has 0 unspecified atom stereocenters. The van der Waals surface area contributed by atoms with E-state index in [0.717, 1.165) is 172 Å². The first-order chi connectivity index (χ1) is 68.0. The van der Waals surface area contributed by atoms with Crippen LogP contribution < -0.4 is 81.7 Å². The number of morpholine rings is 4. The minimum atomic E-state index is -0.807. The van der Waals surface area contributed by atoms with Crippen LogP contribution in [0.15, 0.2) is 122 Å². The highest BCUT2D eigenvalue weighted by Gasteiger charge is 2.56. The number of amides is 12. The Balaban J connectivity index is 0.000000111. The minimum Gasteiger partial charge on any atom is -0.381 e. The van der Waals surface area contributed by atoms with Gasteiger partial charge in [0, 0.05) is 172 Å². The lowest BCUT2D eigenvalue weighted by atomic mass is 9.93. The van der Waals surface area contributed by atoms with Gasteiger partial charge in [-0.25, -0.2) is 59.0 Å². The maximum absolute atomic E-state index is 13.7. The summed E-state index contributed by atoms with van der Waals surface area (Å²) >= 11 is 0. The molecule has 4 aliphatic carbocycles. The van der Waals surface area contributed by atoms with Gasteiger partial charge in [-0.05, 0) is 202 Å². The van der Waals surface area contributed by atoms with E-state index in [0.29, 0.717) is 226 Å². The molecule has 8 saturated heterocycles. The molecule has 24 rings (SSSR count). The molecule has 12 aliphatic heterocycles. The van der Waals surface area contributed by atoms with Crippen LogP contribution in [0.3, 0.4) is 0 Å². The molecule has 8 N–H and O–H groups in total. The van der Waals surface area contributed by atoms with Gasteiger partial charge in [0.05, 0.1) is 104 Å². The second kappa shape index (κ2) is 39.6. The Kier molecular flexibility index (Phi) is 26.4. The van der Waals surface area contributed by atoms with E-state index in [2.05, 4.69) is 82.1 Å². The quantitative estimate of drug-likeness (QED) is 0.0352. The predicted molar refractivity (Wildman–Crippen MR) is 522 cm³/mol. The first-order valence-electron chi connectivity index (χ1n) is 49.2. The molecule has 8 atom stereocenters. The zero-order chi connectivity index (χ0) is 96.0. The molecular formula is C100H120N24O16. The number of nitrogens with one attached hydrogen (secondary N) is 8. The van der Waals surface area contributed by atoms with Crippen LogP contribution in [0.25, 0.3) is 45.6 Å². The van der Waals surface area contributed by atoms with Crippen molar-refractivity contribution in [3.8, 4) is 45.6 Å². The van der Waals surface area contributed by atoms with E-state index in [9.17, 15) is 38.4 Å². The zero-order valence-corrected chi connectivity index (χ0v) is 79.3. The summed E-state index contributed by atoms with van der Waals surface area (Å²) in [6.07, 6.45) is 19.1. The normalized spacial score (nSPS) is 25.7. The van der Waals surface area contributed by atoms with E-state index in [1.165, 1.54) is 0 Å². The molecule has 0 spiro atoms. The molecule has 16 aliphatic rings. The van der Waals surface area contributed by atoms with Crippen LogP contribution in [0.2, 0.25) is 0 Å². The van der Waals surface area contributed by atoms with Crippen molar-refractivity contribution in [1.29, 1.82) is 0 Å². The summed E-state index contributed by atoms with van der Waals surface area (Å²) < 4.78 is 45.2. The van der Waals surface area contributed by atoms with Gasteiger partial charge >= 0.3 is 24.1 Å². The maximum atomic E-state index is 13.7. The minimum absolute atomic E-state index is 0.0212. The molecule has 4 aromatic carbocycles. The van der Waals surface area contributed by atoms with E-state index < -0.39 is 22.2 Å². The fourth-order valence-electron chi connectivity index (χ4n) is 20.1. The molecule has 40 heteroatoms. The molecule has 736 valence electrons. The largest absolute Gasteiger partial charge is 0.381 e. The molecule has 0 radical (unpaired) electrons. The standard InChI is InChI=1S/4C25H30N6O4/c4*1-25-15-35-11-9-31(25)22-20(30(23(25)32)13-16-8-10-34-14-16)12-26-21(29-22)17-2-4-18(5-3-17)27-24(33)28-19-6-7-19/h4*2-5,12,16,19H,6-11,13-15H2,1H3,(H2,27,28,33)/t2*16-,25+;2*16-,25-/m1010/s1. The van der Waals surface area contributed by atoms with Gasteiger partial charge in [0.25, 0.3) is 23.6 Å². The van der Waals surface area contributed by atoms with Crippen molar-refractivity contribution >= 4 is 117 Å². The molecule has 4 saturated carbocycles. The number of rotatable bonds is 20. The second-order valence-electron chi connectivity index (χ2n) is 39.9. The van der Waals surface area contributed by atoms with Crippen LogP contribution in [0, 0.1) is 23.7 Å². The number of urea groups is 4. The van der Waals surface area contributed by atoms with Gasteiger partial charge in [0.1, 0.15) is 44.9 Å². The summed E-state index contributed by atoms with van der Waals surface area (Å²) in [4.78, 5) is 157. The lowest BCUT2D eigenvalue weighted by molar-refractivity contribution is -0.128.